The van der Waals surface area contributed by atoms with E-state index in [4.69, 9.17) is 4.74 Å². The average Bonchev–Trinajstić information content (AvgIpc) is 2.50. The number of rotatable bonds is 2. The van der Waals surface area contributed by atoms with E-state index in [0.717, 1.165) is 26.2 Å². The Bertz CT molecular complexity index is 218. The van der Waals surface area contributed by atoms with Gasteiger partial charge in [0.1, 0.15) is 0 Å². The van der Waals surface area contributed by atoms with Gasteiger partial charge in [-0.1, -0.05) is 0 Å². The van der Waals surface area contributed by atoms with Crippen LogP contribution in [0.25, 0.3) is 0 Å². The zero-order valence-corrected chi connectivity index (χ0v) is 9.91. The highest BCUT2D eigenvalue weighted by molar-refractivity contribution is 4.90. The summed E-state index contributed by atoms with van der Waals surface area (Å²) in [6.07, 6.45) is 3.21. The predicted octanol–water partition coefficient (Wildman–Crippen LogP) is 1.26. The second-order valence-electron chi connectivity index (χ2n) is 5.55. The van der Waals surface area contributed by atoms with Crippen LogP contribution in [0.1, 0.15) is 33.1 Å². The zero-order chi connectivity index (χ0) is 10.9. The molecule has 2 unspecified atom stereocenters. The van der Waals surface area contributed by atoms with Crippen LogP contribution in [0.3, 0.4) is 0 Å². The van der Waals surface area contributed by atoms with Crippen LogP contribution in [0.2, 0.25) is 0 Å². The van der Waals surface area contributed by atoms with Gasteiger partial charge in [0.05, 0.1) is 12.7 Å². The minimum atomic E-state index is -0.157. The molecule has 1 N–H and O–H groups in total. The van der Waals surface area contributed by atoms with Gasteiger partial charge in [0.15, 0.2) is 0 Å². The summed E-state index contributed by atoms with van der Waals surface area (Å²) in [7, 11) is 0. The summed E-state index contributed by atoms with van der Waals surface area (Å²) in [5, 5.41) is 9.89. The van der Waals surface area contributed by atoms with Crippen molar-refractivity contribution in [2.45, 2.75) is 44.8 Å². The van der Waals surface area contributed by atoms with E-state index in [0.29, 0.717) is 11.5 Å². The van der Waals surface area contributed by atoms with Gasteiger partial charge in [-0.3, -0.25) is 4.90 Å². The third-order valence-corrected chi connectivity index (χ3v) is 3.96. The van der Waals surface area contributed by atoms with Gasteiger partial charge in [-0.2, -0.15) is 0 Å². The summed E-state index contributed by atoms with van der Waals surface area (Å²) < 4.78 is 5.44. The molecule has 0 aromatic heterocycles. The van der Waals surface area contributed by atoms with Gasteiger partial charge in [0.2, 0.25) is 0 Å². The van der Waals surface area contributed by atoms with E-state index in [2.05, 4.69) is 18.7 Å². The fraction of sp³-hybridized carbons (Fsp3) is 1.00. The van der Waals surface area contributed by atoms with Gasteiger partial charge < -0.3 is 9.84 Å². The lowest BCUT2D eigenvalue weighted by Crippen LogP contribution is -2.46. The van der Waals surface area contributed by atoms with E-state index in [1.54, 1.807) is 0 Å². The van der Waals surface area contributed by atoms with Crippen LogP contribution in [0, 0.1) is 5.92 Å². The Hall–Kier alpha value is -0.120. The van der Waals surface area contributed by atoms with Crippen molar-refractivity contribution in [3.05, 3.63) is 0 Å². The molecule has 2 saturated heterocycles. The molecule has 0 radical (unpaired) electrons. The molecular formula is C12H23NO2. The van der Waals surface area contributed by atoms with Crippen molar-refractivity contribution in [3.8, 4) is 0 Å². The number of hydrogen-bond acceptors (Lipinski definition) is 3. The molecule has 0 amide bonds. The van der Waals surface area contributed by atoms with Crippen molar-refractivity contribution in [2.24, 2.45) is 5.92 Å². The van der Waals surface area contributed by atoms with Crippen molar-refractivity contribution in [2.75, 3.05) is 26.3 Å². The molecule has 2 aliphatic heterocycles. The number of hydrogen-bond donors (Lipinski definition) is 1. The fourth-order valence-electron chi connectivity index (χ4n) is 2.74. The second kappa shape index (κ2) is 4.40. The Morgan fingerprint density at radius 3 is 2.87 bits per heavy atom. The molecule has 0 aromatic rings. The Labute approximate surface area is 92.4 Å². The van der Waals surface area contributed by atoms with Crippen LogP contribution in [0.4, 0.5) is 0 Å². The van der Waals surface area contributed by atoms with Crippen molar-refractivity contribution in [1.29, 1.82) is 0 Å². The number of ether oxygens (including phenoxy) is 1. The zero-order valence-electron chi connectivity index (χ0n) is 9.91. The van der Waals surface area contributed by atoms with Crippen LogP contribution >= 0.6 is 0 Å². The predicted molar refractivity (Wildman–Crippen MR) is 59.8 cm³/mol. The summed E-state index contributed by atoms with van der Waals surface area (Å²) in [6.45, 7) is 8.23. The third-order valence-electron chi connectivity index (χ3n) is 3.96. The highest BCUT2D eigenvalue weighted by Crippen LogP contribution is 2.30. The molecule has 0 bridgehead atoms. The first-order valence-corrected chi connectivity index (χ1v) is 6.10. The third kappa shape index (κ3) is 2.52. The van der Waals surface area contributed by atoms with Gasteiger partial charge >= 0.3 is 0 Å². The van der Waals surface area contributed by atoms with Crippen LogP contribution in [0.5, 0.6) is 0 Å². The quantitative estimate of drug-likeness (QED) is 0.749. The molecule has 3 heteroatoms. The summed E-state index contributed by atoms with van der Waals surface area (Å²) in [5.74, 6) is 0.316. The lowest BCUT2D eigenvalue weighted by molar-refractivity contribution is -0.0519. The van der Waals surface area contributed by atoms with Gasteiger partial charge in [0.25, 0.3) is 0 Å². The molecule has 0 aromatic carbocycles. The van der Waals surface area contributed by atoms with Crippen LogP contribution < -0.4 is 0 Å². The van der Waals surface area contributed by atoms with E-state index in [1.807, 2.05) is 0 Å². The van der Waals surface area contributed by atoms with Crippen molar-refractivity contribution >= 4 is 0 Å². The minimum absolute atomic E-state index is 0.157. The molecule has 88 valence electrons. The first kappa shape index (κ1) is 11.4. The molecule has 3 nitrogen and oxygen atoms in total. The summed E-state index contributed by atoms with van der Waals surface area (Å²) in [6, 6.07) is 0. The van der Waals surface area contributed by atoms with Gasteiger partial charge in [-0.05, 0) is 39.7 Å². The molecule has 2 rings (SSSR count). The summed E-state index contributed by atoms with van der Waals surface area (Å²) in [4.78, 5) is 2.51. The molecular weight excluding hydrogens is 190 g/mol. The molecule has 2 heterocycles. The molecule has 0 aliphatic carbocycles. The first-order chi connectivity index (χ1) is 7.09. The molecule has 2 aliphatic rings. The van der Waals surface area contributed by atoms with E-state index < -0.39 is 0 Å². The highest BCUT2D eigenvalue weighted by atomic mass is 16.5. The lowest BCUT2D eigenvalue weighted by Gasteiger charge is -2.37. The Morgan fingerprint density at radius 1 is 1.47 bits per heavy atom. The lowest BCUT2D eigenvalue weighted by atomic mass is 9.95. The van der Waals surface area contributed by atoms with E-state index in [-0.39, 0.29) is 6.10 Å². The number of nitrogens with zero attached hydrogens (tertiary/aromatic N) is 1. The topological polar surface area (TPSA) is 32.7 Å². The van der Waals surface area contributed by atoms with E-state index >= 15 is 0 Å². The van der Waals surface area contributed by atoms with Gasteiger partial charge in [-0.15, -0.1) is 0 Å². The van der Waals surface area contributed by atoms with Crippen LogP contribution in [0.15, 0.2) is 0 Å². The van der Waals surface area contributed by atoms with E-state index in [9.17, 15) is 5.11 Å². The van der Waals surface area contributed by atoms with E-state index in [1.165, 1.54) is 19.4 Å². The summed E-state index contributed by atoms with van der Waals surface area (Å²) in [5.41, 5.74) is 0.317. The fourth-order valence-corrected chi connectivity index (χ4v) is 2.74. The van der Waals surface area contributed by atoms with Crippen molar-refractivity contribution < 1.29 is 9.84 Å². The molecule has 2 fully saturated rings. The number of likely N-dealkylation sites (tertiary alicyclic amines) is 1. The second-order valence-corrected chi connectivity index (χ2v) is 5.55. The van der Waals surface area contributed by atoms with Crippen LogP contribution in [-0.2, 0) is 4.74 Å². The van der Waals surface area contributed by atoms with Gasteiger partial charge in [-0.25, -0.2) is 0 Å². The molecule has 2 atom stereocenters. The monoisotopic (exact) mass is 213 g/mol. The molecule has 0 spiro atoms. The Morgan fingerprint density at radius 2 is 2.27 bits per heavy atom. The molecule has 0 saturated carbocycles. The van der Waals surface area contributed by atoms with Crippen LogP contribution in [-0.4, -0.2) is 48.0 Å². The number of aliphatic hydroxyl groups excluding tert-OH is 1. The first-order valence-electron chi connectivity index (χ1n) is 6.10. The number of aliphatic hydroxyl groups is 1. The smallest absolute Gasteiger partial charge is 0.0624 e. The SMILES string of the molecule is CC1(C)CCCN1CC1COCCC1O. The normalized spacial score (nSPS) is 37.0. The Balaban J connectivity index is 1.90. The van der Waals surface area contributed by atoms with Gasteiger partial charge in [0, 0.05) is 24.6 Å². The minimum Gasteiger partial charge on any atom is -0.393 e. The Kier molecular flexibility index (Phi) is 3.33. The maximum absolute atomic E-state index is 9.89. The molecule has 15 heavy (non-hydrogen) atoms. The summed E-state index contributed by atoms with van der Waals surface area (Å²) >= 11 is 0. The maximum Gasteiger partial charge on any atom is 0.0624 e. The highest BCUT2D eigenvalue weighted by Gasteiger charge is 2.35. The standard InChI is InChI=1S/C12H23NO2/c1-12(2)5-3-6-13(12)8-10-9-15-7-4-11(10)14/h10-11,14H,3-9H2,1-2H3. The van der Waals surface area contributed by atoms with Crippen molar-refractivity contribution in [1.82, 2.24) is 4.90 Å². The largest absolute Gasteiger partial charge is 0.393 e. The van der Waals surface area contributed by atoms with Crippen molar-refractivity contribution in [3.63, 3.8) is 0 Å². The maximum atomic E-state index is 9.89. The average molecular weight is 213 g/mol.